The molecule has 1 heterocycles. The van der Waals surface area contributed by atoms with E-state index in [1.165, 1.54) is 11.3 Å². The fourth-order valence-corrected chi connectivity index (χ4v) is 3.59. The van der Waals surface area contributed by atoms with E-state index < -0.39 is 23.2 Å². The van der Waals surface area contributed by atoms with Crippen LogP contribution in [0.25, 0.3) is 0 Å². The maximum absolute atomic E-state index is 12.1. The molecule has 1 amide bonds. The monoisotopic (exact) mass is 301 g/mol. The second kappa shape index (κ2) is 4.80. The molecule has 0 aliphatic heterocycles. The summed E-state index contributed by atoms with van der Waals surface area (Å²) in [5.74, 6) is -2.15. The Hall–Kier alpha value is -1.07. The van der Waals surface area contributed by atoms with Crippen molar-refractivity contribution in [1.29, 1.82) is 0 Å². The summed E-state index contributed by atoms with van der Waals surface area (Å²) < 4.78 is 0.672. The van der Waals surface area contributed by atoms with Gasteiger partial charge in [-0.3, -0.25) is 9.59 Å². The lowest BCUT2D eigenvalue weighted by molar-refractivity contribution is -0.140. The van der Waals surface area contributed by atoms with E-state index in [-0.39, 0.29) is 11.9 Å². The van der Waals surface area contributed by atoms with Gasteiger partial charge in [0.2, 0.25) is 5.91 Å². The molecule has 1 fully saturated rings. The summed E-state index contributed by atoms with van der Waals surface area (Å²) in [4.78, 5) is 24.1. The molecule has 1 aliphatic rings. The van der Waals surface area contributed by atoms with Crippen molar-refractivity contribution in [1.82, 2.24) is 5.32 Å². The number of carbonyl (C=O) groups excluding carboxylic acids is 1. The lowest BCUT2D eigenvalue weighted by atomic mass is 10.1. The number of rotatable bonds is 4. The van der Waals surface area contributed by atoms with Gasteiger partial charge in [-0.05, 0) is 24.5 Å². The second-order valence-electron chi connectivity index (χ2n) is 5.49. The quantitative estimate of drug-likeness (QED) is 0.898. The number of halogens is 1. The van der Waals surface area contributed by atoms with Crippen molar-refractivity contribution in [2.45, 2.75) is 26.8 Å². The van der Waals surface area contributed by atoms with Crippen molar-refractivity contribution >= 4 is 34.8 Å². The van der Waals surface area contributed by atoms with Crippen molar-refractivity contribution in [3.8, 4) is 0 Å². The molecule has 104 valence electrons. The first kappa shape index (κ1) is 14.3. The van der Waals surface area contributed by atoms with Gasteiger partial charge in [0, 0.05) is 4.88 Å². The lowest BCUT2D eigenvalue weighted by Gasteiger charge is -2.12. The molecular weight excluding hydrogens is 286 g/mol. The highest BCUT2D eigenvalue weighted by molar-refractivity contribution is 7.16. The van der Waals surface area contributed by atoms with Gasteiger partial charge in [0.15, 0.2) is 0 Å². The molecule has 0 radical (unpaired) electrons. The third-order valence-corrected chi connectivity index (χ3v) is 5.17. The van der Waals surface area contributed by atoms with Crippen molar-refractivity contribution in [2.75, 3.05) is 0 Å². The van der Waals surface area contributed by atoms with Crippen LogP contribution in [-0.2, 0) is 9.59 Å². The number of hydrogen-bond acceptors (Lipinski definition) is 3. The maximum atomic E-state index is 12.1. The molecule has 1 aromatic rings. The van der Waals surface area contributed by atoms with Gasteiger partial charge in [0.1, 0.15) is 0 Å². The number of carboxylic acids is 1. The third kappa shape index (κ3) is 2.62. The van der Waals surface area contributed by atoms with Gasteiger partial charge >= 0.3 is 5.97 Å². The van der Waals surface area contributed by atoms with Gasteiger partial charge in [-0.15, -0.1) is 11.3 Å². The Balaban J connectivity index is 2.01. The topological polar surface area (TPSA) is 66.4 Å². The fourth-order valence-electron chi connectivity index (χ4n) is 2.52. The molecule has 3 atom stereocenters. The minimum absolute atomic E-state index is 0.157. The molecule has 2 rings (SSSR count). The zero-order valence-electron chi connectivity index (χ0n) is 10.9. The van der Waals surface area contributed by atoms with E-state index in [0.29, 0.717) is 4.34 Å². The predicted octanol–water partition coefficient (Wildman–Crippen LogP) is 2.94. The van der Waals surface area contributed by atoms with Gasteiger partial charge in [0.25, 0.3) is 0 Å². The number of carboxylic acid groups (broad SMARTS) is 1. The molecule has 0 saturated heterocycles. The van der Waals surface area contributed by atoms with Gasteiger partial charge in [-0.2, -0.15) is 0 Å². The highest BCUT2D eigenvalue weighted by Crippen LogP contribution is 2.58. The van der Waals surface area contributed by atoms with Gasteiger partial charge in [0.05, 0.1) is 22.2 Å². The van der Waals surface area contributed by atoms with Crippen molar-refractivity contribution in [3.05, 3.63) is 21.3 Å². The molecule has 0 spiro atoms. The Morgan fingerprint density at radius 3 is 2.47 bits per heavy atom. The van der Waals surface area contributed by atoms with E-state index in [0.717, 1.165) is 4.88 Å². The summed E-state index contributed by atoms with van der Waals surface area (Å²) in [6, 6.07) is 3.49. The Kier molecular flexibility index (Phi) is 3.62. The Bertz CT molecular complexity index is 526. The number of carbonyl (C=O) groups is 2. The zero-order valence-corrected chi connectivity index (χ0v) is 12.5. The third-order valence-electron chi connectivity index (χ3n) is 3.76. The minimum atomic E-state index is -0.906. The first-order valence-electron chi connectivity index (χ1n) is 6.03. The summed E-state index contributed by atoms with van der Waals surface area (Å²) >= 11 is 7.27. The number of amides is 1. The van der Waals surface area contributed by atoms with E-state index in [9.17, 15) is 9.59 Å². The standard InChI is InChI=1S/C13H16ClNO3S/c1-6(7-4-5-8(14)19-7)15-11(16)9-10(12(17)18)13(9,2)3/h4-6,9-10H,1-3H3,(H,15,16)(H,17,18)/t6?,9-,10+/m1/s1. The number of thiophene rings is 1. The van der Waals surface area contributed by atoms with E-state index in [2.05, 4.69) is 5.32 Å². The van der Waals surface area contributed by atoms with Crippen LogP contribution in [0.4, 0.5) is 0 Å². The van der Waals surface area contributed by atoms with E-state index in [1.807, 2.05) is 26.8 Å². The van der Waals surface area contributed by atoms with Crippen LogP contribution < -0.4 is 5.32 Å². The molecule has 1 unspecified atom stereocenters. The second-order valence-corrected chi connectivity index (χ2v) is 7.23. The van der Waals surface area contributed by atoms with Crippen LogP contribution in [0, 0.1) is 17.3 Å². The average molecular weight is 302 g/mol. The molecule has 2 N–H and O–H groups in total. The molecule has 6 heteroatoms. The van der Waals surface area contributed by atoms with Gasteiger partial charge in [-0.1, -0.05) is 25.4 Å². The highest BCUT2D eigenvalue weighted by atomic mass is 35.5. The zero-order chi connectivity index (χ0) is 14.4. The molecule has 0 aromatic carbocycles. The van der Waals surface area contributed by atoms with Crippen LogP contribution in [0.2, 0.25) is 4.34 Å². The molecule has 4 nitrogen and oxygen atoms in total. The van der Waals surface area contributed by atoms with E-state index in [4.69, 9.17) is 16.7 Å². The van der Waals surface area contributed by atoms with Gasteiger partial charge in [-0.25, -0.2) is 0 Å². The maximum Gasteiger partial charge on any atom is 0.307 e. The first-order chi connectivity index (χ1) is 8.75. The molecule has 19 heavy (non-hydrogen) atoms. The first-order valence-corrected chi connectivity index (χ1v) is 7.23. The molecule has 1 aliphatic carbocycles. The Morgan fingerprint density at radius 1 is 1.42 bits per heavy atom. The van der Waals surface area contributed by atoms with Crippen LogP contribution in [0.3, 0.4) is 0 Å². The Morgan fingerprint density at radius 2 is 2.05 bits per heavy atom. The normalized spacial score (nSPS) is 25.7. The number of hydrogen-bond donors (Lipinski definition) is 2. The molecule has 0 bridgehead atoms. The van der Waals surface area contributed by atoms with E-state index in [1.54, 1.807) is 6.07 Å². The van der Waals surface area contributed by atoms with Crippen molar-refractivity contribution in [3.63, 3.8) is 0 Å². The summed E-state index contributed by atoms with van der Waals surface area (Å²) in [7, 11) is 0. The van der Waals surface area contributed by atoms with E-state index >= 15 is 0 Å². The molecular formula is C13H16ClNO3S. The molecule has 1 aromatic heterocycles. The number of aliphatic carboxylic acids is 1. The lowest BCUT2D eigenvalue weighted by Crippen LogP contribution is -2.29. The van der Waals surface area contributed by atoms with Crippen molar-refractivity contribution in [2.24, 2.45) is 17.3 Å². The predicted molar refractivity (Wildman–Crippen MR) is 74.3 cm³/mol. The van der Waals surface area contributed by atoms with Crippen LogP contribution >= 0.6 is 22.9 Å². The van der Waals surface area contributed by atoms with Crippen LogP contribution in [0.1, 0.15) is 31.7 Å². The van der Waals surface area contributed by atoms with Gasteiger partial charge < -0.3 is 10.4 Å². The van der Waals surface area contributed by atoms with Crippen LogP contribution in [-0.4, -0.2) is 17.0 Å². The van der Waals surface area contributed by atoms with Crippen molar-refractivity contribution < 1.29 is 14.7 Å². The summed E-state index contributed by atoms with van der Waals surface area (Å²) in [5.41, 5.74) is -0.470. The smallest absolute Gasteiger partial charge is 0.307 e. The van der Waals surface area contributed by atoms with Crippen LogP contribution in [0.15, 0.2) is 12.1 Å². The average Bonchev–Trinajstić information content (AvgIpc) is 2.65. The largest absolute Gasteiger partial charge is 0.481 e. The highest BCUT2D eigenvalue weighted by Gasteiger charge is 2.65. The molecule has 1 saturated carbocycles. The summed E-state index contributed by atoms with van der Waals surface area (Å²) in [5, 5.41) is 11.9. The summed E-state index contributed by atoms with van der Waals surface area (Å²) in [6.07, 6.45) is 0. The summed E-state index contributed by atoms with van der Waals surface area (Å²) in [6.45, 7) is 5.48. The minimum Gasteiger partial charge on any atom is -0.481 e. The SMILES string of the molecule is CC(NC(=O)[C@H]1[C@@H](C(=O)O)C1(C)C)c1ccc(Cl)s1. The van der Waals surface area contributed by atoms with Crippen LogP contribution in [0.5, 0.6) is 0 Å². The Labute approximate surface area is 120 Å². The fraction of sp³-hybridized carbons (Fsp3) is 0.538. The number of nitrogens with one attached hydrogen (secondary N) is 1.